The fraction of sp³-hybridized carbons (Fsp3) is 0.909. The normalized spacial score (nSPS) is 10.1. The van der Waals surface area contributed by atoms with E-state index in [-0.39, 0.29) is 17.1 Å². The molecule has 169 valence electrons. The molecule has 0 aliphatic heterocycles. The van der Waals surface area contributed by atoms with Gasteiger partial charge in [-0.05, 0) is 21.1 Å². The summed E-state index contributed by atoms with van der Waals surface area (Å²) < 4.78 is 67.9. The zero-order valence-electron chi connectivity index (χ0n) is 15.5. The first-order chi connectivity index (χ1) is 11.8. The molecule has 27 heavy (non-hydrogen) atoms. The summed E-state index contributed by atoms with van der Waals surface area (Å²) in [5.41, 5.74) is 0. The largest absolute Gasteiger partial charge is 2.00 e. The van der Waals surface area contributed by atoms with Crippen molar-refractivity contribution in [2.45, 2.75) is 6.92 Å². The Hall–Kier alpha value is 0.109. The zero-order chi connectivity index (χ0) is 21.6. The van der Waals surface area contributed by atoms with Crippen LogP contribution in [0.4, 0.5) is 0 Å². The smallest absolute Gasteiger partial charge is 0.318 e. The van der Waals surface area contributed by atoms with E-state index in [2.05, 4.69) is 20.9 Å². The first kappa shape index (κ1) is 37.8. The molecular formula is C11H27Cl2CuN5O8. The molecule has 1 radical (unpaired) electrons. The Morgan fingerprint density at radius 2 is 0.852 bits per heavy atom. The van der Waals surface area contributed by atoms with E-state index in [0.717, 1.165) is 39.3 Å². The molecule has 0 spiro atoms. The van der Waals surface area contributed by atoms with Crippen LogP contribution in [0.1, 0.15) is 6.92 Å². The number of rotatable bonds is 9. The summed E-state index contributed by atoms with van der Waals surface area (Å²) in [6.07, 6.45) is 0. The van der Waals surface area contributed by atoms with Crippen LogP contribution in [0.15, 0.2) is 0 Å². The minimum absolute atomic E-state index is 0. The van der Waals surface area contributed by atoms with Crippen LogP contribution < -0.4 is 53.2 Å². The van der Waals surface area contributed by atoms with Crippen molar-refractivity contribution < 1.29 is 74.8 Å². The molecule has 0 rings (SSSR count). The van der Waals surface area contributed by atoms with Crippen LogP contribution in [0.25, 0.3) is 0 Å². The first-order valence-corrected chi connectivity index (χ1v) is 9.44. The van der Waals surface area contributed by atoms with Crippen LogP contribution in [0.3, 0.4) is 0 Å². The summed E-state index contributed by atoms with van der Waals surface area (Å²) in [7, 11) is -3.91. The third kappa shape index (κ3) is 103. The number of nitrogens with one attached hydrogen (secondary N) is 3. The number of nitriles is 1. The van der Waals surface area contributed by atoms with Crippen LogP contribution >= 0.6 is 0 Å². The van der Waals surface area contributed by atoms with Gasteiger partial charge in [-0.25, -0.2) is 37.3 Å². The van der Waals surface area contributed by atoms with Crippen LogP contribution in [0.2, 0.25) is 0 Å². The second-order valence-electron chi connectivity index (χ2n) is 4.13. The van der Waals surface area contributed by atoms with Gasteiger partial charge in [0.05, 0.1) is 6.07 Å². The average Bonchev–Trinajstić information content (AvgIpc) is 2.44. The van der Waals surface area contributed by atoms with Gasteiger partial charge >= 0.3 is 17.1 Å². The number of hydrogen-bond acceptors (Lipinski definition) is 13. The Kier molecular flexibility index (Phi) is 36.6. The predicted octanol–water partition coefficient (Wildman–Crippen LogP) is -10.0. The maximum atomic E-state index is 8.49. The number of likely N-dealkylation sites (N-methyl/N-ethyl adjacent to an activating group) is 3. The molecule has 3 N–H and O–H groups in total. The molecule has 0 amide bonds. The van der Waals surface area contributed by atoms with Gasteiger partial charge in [-0.2, -0.15) is 5.26 Å². The van der Waals surface area contributed by atoms with Crippen molar-refractivity contribution in [2.24, 2.45) is 0 Å². The number of nitrogens with zero attached hydrogens (tertiary/aromatic N) is 2. The van der Waals surface area contributed by atoms with E-state index < -0.39 is 20.5 Å². The number of halogens is 2. The summed E-state index contributed by atoms with van der Waals surface area (Å²) in [6.45, 7) is 7.99. The van der Waals surface area contributed by atoms with Crippen LogP contribution in [0, 0.1) is 31.8 Å². The maximum Gasteiger partial charge on any atom is 2.00 e. The Morgan fingerprint density at radius 1 is 0.704 bits per heavy atom. The molecule has 0 saturated heterocycles. The minimum atomic E-state index is -4.94. The van der Waals surface area contributed by atoms with Gasteiger partial charge in [-0.1, -0.05) is 0 Å². The van der Waals surface area contributed by atoms with Gasteiger partial charge in [0.2, 0.25) is 0 Å². The van der Waals surface area contributed by atoms with Crippen LogP contribution in [-0.4, -0.2) is 65.3 Å². The molecule has 0 aromatic heterocycles. The first-order valence-electron chi connectivity index (χ1n) is 6.97. The molecule has 0 fully saturated rings. The average molecular weight is 492 g/mol. The van der Waals surface area contributed by atoms with Gasteiger partial charge in [-0.15, -0.1) is 20.5 Å². The van der Waals surface area contributed by atoms with Gasteiger partial charge in [0.15, 0.2) is 0 Å². The molecular weight excluding hydrogens is 465 g/mol. The molecule has 16 heteroatoms. The van der Waals surface area contributed by atoms with Crippen LogP contribution in [-0.2, 0) is 17.1 Å². The molecule has 0 aromatic rings. The SMILES string of the molecule is CC#N.CNCCN(CCNC)CCNC.[Cu+2].[O-][Cl+3]([O-])([O-])[O-].[O-][Cl+3]([O-])([O-])[O-]. The van der Waals surface area contributed by atoms with E-state index in [0.29, 0.717) is 0 Å². The predicted molar refractivity (Wildman–Crippen MR) is 69.5 cm³/mol. The maximum absolute atomic E-state index is 8.49. The van der Waals surface area contributed by atoms with Crippen molar-refractivity contribution in [2.75, 3.05) is 60.4 Å². The van der Waals surface area contributed by atoms with Gasteiger partial charge < -0.3 is 16.0 Å². The summed E-state index contributed by atoms with van der Waals surface area (Å²) in [6, 6.07) is 1.75. The van der Waals surface area contributed by atoms with Crippen molar-refractivity contribution >= 4 is 0 Å². The van der Waals surface area contributed by atoms with E-state index in [4.69, 9.17) is 42.5 Å². The minimum Gasteiger partial charge on any atom is -0.318 e. The van der Waals surface area contributed by atoms with E-state index in [9.17, 15) is 0 Å². The molecule has 0 aromatic carbocycles. The van der Waals surface area contributed by atoms with Crippen molar-refractivity contribution in [3.8, 4) is 6.07 Å². The quantitative estimate of drug-likeness (QED) is 0.254. The van der Waals surface area contributed by atoms with Gasteiger partial charge in [0.1, 0.15) is 0 Å². The van der Waals surface area contributed by atoms with E-state index >= 15 is 0 Å². The van der Waals surface area contributed by atoms with Crippen molar-refractivity contribution in [1.29, 1.82) is 5.26 Å². The monoisotopic (exact) mass is 490 g/mol. The molecule has 0 unspecified atom stereocenters. The second kappa shape index (κ2) is 26.1. The fourth-order valence-corrected chi connectivity index (χ4v) is 1.15. The second-order valence-corrected chi connectivity index (χ2v) is 5.64. The summed E-state index contributed by atoms with van der Waals surface area (Å²) in [5.74, 6) is 0. The van der Waals surface area contributed by atoms with E-state index in [1.165, 1.54) is 6.92 Å². The Morgan fingerprint density at radius 3 is 0.963 bits per heavy atom. The molecule has 13 nitrogen and oxygen atoms in total. The molecule has 0 aliphatic carbocycles. The molecule has 0 atom stereocenters. The van der Waals surface area contributed by atoms with Gasteiger partial charge in [0.25, 0.3) is 0 Å². The third-order valence-corrected chi connectivity index (χ3v) is 2.03. The van der Waals surface area contributed by atoms with E-state index in [1.807, 2.05) is 21.1 Å². The molecule has 0 aliphatic rings. The van der Waals surface area contributed by atoms with Crippen molar-refractivity contribution in [3.63, 3.8) is 0 Å². The standard InChI is InChI=1S/C9H24N4.C2H3N.2ClHO4.Cu/c1-10-4-7-13(8-5-11-2)9-6-12-3;1-2-3;2*2-1(3,4)5;/h10-12H,4-9H2,1-3H3;1H3;2*(H,2,3,4,5);/q;;;;+2/p-2. The third-order valence-electron chi connectivity index (χ3n) is 2.03. The summed E-state index contributed by atoms with van der Waals surface area (Å²) in [5, 5.41) is 16.8. The summed E-state index contributed by atoms with van der Waals surface area (Å²) >= 11 is 0. The van der Waals surface area contributed by atoms with Crippen molar-refractivity contribution in [3.05, 3.63) is 0 Å². The Bertz CT molecular complexity index is 276. The topological polar surface area (TPSA) is 248 Å². The molecule has 0 bridgehead atoms. The zero-order valence-corrected chi connectivity index (χ0v) is 17.9. The Balaban J connectivity index is -0.0000000956. The van der Waals surface area contributed by atoms with E-state index in [1.54, 1.807) is 6.07 Å². The number of hydrogen-bond donors (Lipinski definition) is 3. The van der Waals surface area contributed by atoms with Gasteiger partial charge in [-0.3, -0.25) is 4.90 Å². The fourth-order valence-electron chi connectivity index (χ4n) is 1.15. The molecule has 0 saturated carbocycles. The summed E-state index contributed by atoms with van der Waals surface area (Å²) in [4.78, 5) is 2.45. The van der Waals surface area contributed by atoms with Crippen molar-refractivity contribution in [1.82, 2.24) is 20.9 Å². The van der Waals surface area contributed by atoms with Crippen LogP contribution in [0.5, 0.6) is 0 Å². The van der Waals surface area contributed by atoms with Gasteiger partial charge in [0, 0.05) is 46.2 Å². The Labute approximate surface area is 174 Å². The molecule has 0 heterocycles.